The summed E-state index contributed by atoms with van der Waals surface area (Å²) < 4.78 is 43.0. The minimum Gasteiger partial charge on any atom is -0.385 e. The van der Waals surface area contributed by atoms with Gasteiger partial charge in [0.25, 0.3) is 11.8 Å². The fourth-order valence-electron chi connectivity index (χ4n) is 3.27. The number of methoxy groups -OCH3 is 1. The van der Waals surface area contributed by atoms with E-state index in [9.17, 15) is 22.8 Å². The number of amides is 2. The monoisotopic (exact) mass is 441 g/mol. The van der Waals surface area contributed by atoms with Crippen LogP contribution in [0.3, 0.4) is 0 Å². The highest BCUT2D eigenvalue weighted by molar-refractivity contribution is 7.17. The number of nitrogens with one attached hydrogen (secondary N) is 2. The summed E-state index contributed by atoms with van der Waals surface area (Å²) >= 11 is 1.35. The highest BCUT2D eigenvalue weighted by atomic mass is 32.1. The van der Waals surface area contributed by atoms with Gasteiger partial charge in [-0.05, 0) is 49.8 Å². The maximum atomic E-state index is 12.8. The Morgan fingerprint density at radius 1 is 1.20 bits per heavy atom. The zero-order valence-corrected chi connectivity index (χ0v) is 17.2. The molecule has 0 unspecified atom stereocenters. The molecular weight excluding hydrogens is 419 g/mol. The van der Waals surface area contributed by atoms with Crippen LogP contribution < -0.4 is 10.6 Å². The average molecular weight is 441 g/mol. The summed E-state index contributed by atoms with van der Waals surface area (Å²) in [5, 5.41) is 5.96. The molecular formula is C20H22F3N3O3S. The minimum absolute atomic E-state index is 0.0131. The maximum absolute atomic E-state index is 12.8. The van der Waals surface area contributed by atoms with E-state index in [1.807, 2.05) is 0 Å². The van der Waals surface area contributed by atoms with E-state index in [-0.39, 0.29) is 11.5 Å². The number of carbonyl (C=O) groups excluding carboxylic acids is 2. The van der Waals surface area contributed by atoms with Crippen molar-refractivity contribution in [1.29, 1.82) is 0 Å². The first kappa shape index (κ1) is 22.2. The van der Waals surface area contributed by atoms with Gasteiger partial charge in [-0.15, -0.1) is 11.3 Å². The highest BCUT2D eigenvalue weighted by Crippen LogP contribution is 2.38. The number of halogens is 3. The van der Waals surface area contributed by atoms with Crippen LogP contribution in [0.25, 0.3) is 0 Å². The molecule has 0 radical (unpaired) electrons. The quantitative estimate of drug-likeness (QED) is 0.635. The molecule has 2 aromatic heterocycles. The molecule has 2 heterocycles. The number of aryl methyl sites for hydroxylation is 1. The number of nitrogens with zero attached hydrogens (tertiary/aromatic N) is 1. The van der Waals surface area contributed by atoms with Crippen LogP contribution in [-0.4, -0.2) is 37.1 Å². The van der Waals surface area contributed by atoms with Crippen molar-refractivity contribution < 1.29 is 27.5 Å². The number of alkyl halides is 3. The first-order valence-corrected chi connectivity index (χ1v) is 10.4. The second kappa shape index (κ2) is 9.57. The molecule has 10 heteroatoms. The van der Waals surface area contributed by atoms with E-state index >= 15 is 0 Å². The van der Waals surface area contributed by atoms with Gasteiger partial charge in [-0.1, -0.05) is 0 Å². The summed E-state index contributed by atoms with van der Waals surface area (Å²) in [7, 11) is 1.58. The lowest BCUT2D eigenvalue weighted by Crippen LogP contribution is -2.27. The predicted molar refractivity (Wildman–Crippen MR) is 107 cm³/mol. The van der Waals surface area contributed by atoms with Gasteiger partial charge in [0.2, 0.25) is 0 Å². The number of anilines is 1. The molecule has 162 valence electrons. The van der Waals surface area contributed by atoms with Crippen molar-refractivity contribution in [2.45, 2.75) is 38.3 Å². The van der Waals surface area contributed by atoms with Crippen LogP contribution >= 0.6 is 11.3 Å². The van der Waals surface area contributed by atoms with Crippen molar-refractivity contribution in [3.8, 4) is 0 Å². The normalized spacial score (nSPS) is 13.6. The van der Waals surface area contributed by atoms with Gasteiger partial charge >= 0.3 is 6.18 Å². The summed E-state index contributed by atoms with van der Waals surface area (Å²) in [6.45, 7) is 0.958. The second-order valence-electron chi connectivity index (χ2n) is 6.90. The van der Waals surface area contributed by atoms with Crippen LogP contribution in [0.15, 0.2) is 18.3 Å². The number of thiophene rings is 1. The zero-order chi connectivity index (χ0) is 21.7. The zero-order valence-electron chi connectivity index (χ0n) is 16.4. The molecule has 6 nitrogen and oxygen atoms in total. The Hall–Kier alpha value is -2.46. The fourth-order valence-corrected chi connectivity index (χ4v) is 4.55. The Kier molecular flexibility index (Phi) is 7.09. The standard InChI is InChI=1S/C20H22F3N3O3S/c1-29-10-4-9-24-18(28)16-13-5-2-3-6-14(13)30-19(16)26-17(27)12-7-8-15(25-11-12)20(21,22)23/h7-8,11H,2-6,9-10H2,1H3,(H,24,28)(H,26,27). The molecule has 0 fully saturated rings. The van der Waals surface area contributed by atoms with E-state index in [0.29, 0.717) is 30.1 Å². The summed E-state index contributed by atoms with van der Waals surface area (Å²) in [6.07, 6.45) is 0.536. The van der Waals surface area contributed by atoms with Gasteiger partial charge in [-0.3, -0.25) is 14.6 Å². The van der Waals surface area contributed by atoms with Crippen molar-refractivity contribution in [2.24, 2.45) is 0 Å². The molecule has 1 aliphatic rings. The SMILES string of the molecule is COCCCNC(=O)c1c(NC(=O)c2ccc(C(F)(F)F)nc2)sc2c1CCCC2. The number of carbonyl (C=O) groups is 2. The lowest BCUT2D eigenvalue weighted by atomic mass is 9.95. The van der Waals surface area contributed by atoms with Crippen LogP contribution in [0.1, 0.15) is 56.1 Å². The molecule has 2 N–H and O–H groups in total. The molecule has 0 aliphatic heterocycles. The Morgan fingerprint density at radius 2 is 1.97 bits per heavy atom. The maximum Gasteiger partial charge on any atom is 0.433 e. The van der Waals surface area contributed by atoms with Crippen molar-refractivity contribution in [1.82, 2.24) is 10.3 Å². The van der Waals surface area contributed by atoms with E-state index in [4.69, 9.17) is 4.74 Å². The number of rotatable bonds is 7. The van der Waals surface area contributed by atoms with Gasteiger partial charge in [-0.25, -0.2) is 0 Å². The Balaban J connectivity index is 1.80. The summed E-state index contributed by atoms with van der Waals surface area (Å²) in [5.74, 6) is -0.880. The Morgan fingerprint density at radius 3 is 2.63 bits per heavy atom. The van der Waals surface area contributed by atoms with Crippen LogP contribution in [-0.2, 0) is 23.8 Å². The molecule has 0 spiro atoms. The first-order valence-electron chi connectivity index (χ1n) is 9.57. The molecule has 1 aliphatic carbocycles. The van der Waals surface area contributed by atoms with Crippen LogP contribution in [0, 0.1) is 0 Å². The van der Waals surface area contributed by atoms with Crippen molar-refractivity contribution >= 4 is 28.2 Å². The van der Waals surface area contributed by atoms with E-state index in [2.05, 4.69) is 15.6 Å². The third-order valence-corrected chi connectivity index (χ3v) is 5.96. The van der Waals surface area contributed by atoms with Crippen LogP contribution in [0.2, 0.25) is 0 Å². The van der Waals surface area contributed by atoms with Gasteiger partial charge in [0.1, 0.15) is 10.7 Å². The number of ether oxygens (including phenoxy) is 1. The van der Waals surface area contributed by atoms with Gasteiger partial charge in [0.15, 0.2) is 0 Å². The molecule has 2 aromatic rings. The average Bonchev–Trinajstić information content (AvgIpc) is 3.08. The lowest BCUT2D eigenvalue weighted by Gasteiger charge is -2.13. The van der Waals surface area contributed by atoms with E-state index in [1.165, 1.54) is 11.3 Å². The first-order chi connectivity index (χ1) is 14.3. The predicted octanol–water partition coefficient (Wildman–Crippen LogP) is 4.06. The topological polar surface area (TPSA) is 80.3 Å². The molecule has 0 saturated heterocycles. The number of hydrogen-bond donors (Lipinski definition) is 2. The van der Waals surface area contributed by atoms with Gasteiger partial charge < -0.3 is 15.4 Å². The van der Waals surface area contributed by atoms with Gasteiger partial charge in [-0.2, -0.15) is 13.2 Å². The molecule has 3 rings (SSSR count). The third-order valence-electron chi connectivity index (χ3n) is 4.75. The smallest absolute Gasteiger partial charge is 0.385 e. The molecule has 2 amide bonds. The Labute approximate surface area is 175 Å². The van der Waals surface area contributed by atoms with E-state index in [1.54, 1.807) is 7.11 Å². The molecule has 0 atom stereocenters. The summed E-state index contributed by atoms with van der Waals surface area (Å²) in [6, 6.07) is 1.83. The lowest BCUT2D eigenvalue weighted by molar-refractivity contribution is -0.141. The van der Waals surface area contributed by atoms with Crippen molar-refractivity contribution in [3.63, 3.8) is 0 Å². The van der Waals surface area contributed by atoms with Crippen LogP contribution in [0.4, 0.5) is 18.2 Å². The minimum atomic E-state index is -4.57. The number of fused-ring (bicyclic) bond motifs is 1. The van der Waals surface area contributed by atoms with Gasteiger partial charge in [0, 0.05) is 31.3 Å². The highest BCUT2D eigenvalue weighted by Gasteiger charge is 2.32. The number of hydrogen-bond acceptors (Lipinski definition) is 5. The summed E-state index contributed by atoms with van der Waals surface area (Å²) in [4.78, 5) is 29.8. The Bertz CT molecular complexity index is 911. The number of pyridine rings is 1. The molecule has 0 aromatic carbocycles. The molecule has 30 heavy (non-hydrogen) atoms. The van der Waals surface area contributed by atoms with E-state index in [0.717, 1.165) is 54.5 Å². The van der Waals surface area contributed by atoms with E-state index < -0.39 is 17.8 Å². The summed E-state index contributed by atoms with van der Waals surface area (Å²) in [5.41, 5.74) is 0.305. The fraction of sp³-hybridized carbons (Fsp3) is 0.450. The third kappa shape index (κ3) is 5.17. The molecule has 0 saturated carbocycles. The number of aromatic nitrogens is 1. The van der Waals surface area contributed by atoms with Crippen molar-refractivity contribution in [2.75, 3.05) is 25.6 Å². The molecule has 0 bridgehead atoms. The second-order valence-corrected chi connectivity index (χ2v) is 8.01. The van der Waals surface area contributed by atoms with Gasteiger partial charge in [0.05, 0.1) is 11.1 Å². The largest absolute Gasteiger partial charge is 0.433 e. The van der Waals surface area contributed by atoms with Crippen molar-refractivity contribution in [3.05, 3.63) is 45.6 Å². The van der Waals surface area contributed by atoms with Crippen LogP contribution in [0.5, 0.6) is 0 Å².